The van der Waals surface area contributed by atoms with E-state index in [1.54, 1.807) is 0 Å². The molecule has 1 N–H and O–H groups in total. The van der Waals surface area contributed by atoms with Crippen LogP contribution in [0.4, 0.5) is 0 Å². The number of hydrogen-bond donors (Lipinski definition) is 1. The quantitative estimate of drug-likeness (QED) is 0.851. The SMILES string of the molecule is O=C(O)C1(c2ccccc2)CC1(Br)Br. The second-order valence-electron chi connectivity index (χ2n) is 3.46. The fourth-order valence-corrected chi connectivity index (χ4v) is 3.32. The minimum Gasteiger partial charge on any atom is -0.481 e. The van der Waals surface area contributed by atoms with Gasteiger partial charge in [0, 0.05) is 0 Å². The molecule has 1 aliphatic carbocycles. The number of rotatable bonds is 2. The molecule has 0 amide bonds. The molecule has 1 fully saturated rings. The van der Waals surface area contributed by atoms with Crippen LogP contribution in [0, 0.1) is 0 Å². The van der Waals surface area contributed by atoms with Gasteiger partial charge in [-0.05, 0) is 12.0 Å². The monoisotopic (exact) mass is 318 g/mol. The van der Waals surface area contributed by atoms with Gasteiger partial charge in [0.15, 0.2) is 0 Å². The Morgan fingerprint density at radius 1 is 1.29 bits per heavy atom. The molecule has 0 saturated heterocycles. The van der Waals surface area contributed by atoms with Gasteiger partial charge in [-0.1, -0.05) is 62.2 Å². The summed E-state index contributed by atoms with van der Waals surface area (Å²) < 4.78 is -0.486. The molecule has 0 aliphatic heterocycles. The Labute approximate surface area is 98.6 Å². The summed E-state index contributed by atoms with van der Waals surface area (Å²) in [6, 6.07) is 9.28. The second kappa shape index (κ2) is 3.07. The fourth-order valence-electron chi connectivity index (χ4n) is 1.68. The smallest absolute Gasteiger partial charge is 0.316 e. The normalized spacial score (nSPS) is 28.4. The Balaban J connectivity index is 2.47. The number of halogens is 2. The summed E-state index contributed by atoms with van der Waals surface area (Å²) in [5.41, 5.74) is 0.0232. The average Bonchev–Trinajstić information content (AvgIpc) is 2.72. The number of aliphatic carboxylic acids is 1. The molecule has 1 aromatic carbocycles. The van der Waals surface area contributed by atoms with Gasteiger partial charge in [0.1, 0.15) is 8.65 Å². The number of carboxylic acid groups (broad SMARTS) is 1. The van der Waals surface area contributed by atoms with Crippen LogP contribution in [0.15, 0.2) is 30.3 Å². The number of carboxylic acids is 1. The van der Waals surface area contributed by atoms with Crippen LogP contribution in [-0.2, 0) is 10.2 Å². The maximum atomic E-state index is 11.2. The maximum absolute atomic E-state index is 11.2. The zero-order chi connectivity index (χ0) is 10.4. The van der Waals surface area contributed by atoms with Crippen LogP contribution in [-0.4, -0.2) is 14.3 Å². The van der Waals surface area contributed by atoms with E-state index in [2.05, 4.69) is 31.9 Å². The average molecular weight is 320 g/mol. The Bertz CT molecular complexity index is 375. The zero-order valence-electron chi connectivity index (χ0n) is 7.21. The standard InChI is InChI=1S/C10H8Br2O2/c11-10(12)6-9(10,8(13)14)7-4-2-1-3-5-7/h1-5H,6H2,(H,13,14). The summed E-state index contributed by atoms with van der Waals surface area (Å²) in [5, 5.41) is 9.23. The van der Waals surface area contributed by atoms with E-state index >= 15 is 0 Å². The molecule has 14 heavy (non-hydrogen) atoms. The second-order valence-corrected chi connectivity index (χ2v) is 7.23. The number of alkyl halides is 2. The van der Waals surface area contributed by atoms with Gasteiger partial charge in [-0.3, -0.25) is 4.79 Å². The summed E-state index contributed by atoms with van der Waals surface area (Å²) in [6.45, 7) is 0. The van der Waals surface area contributed by atoms with Crippen LogP contribution in [0.25, 0.3) is 0 Å². The third kappa shape index (κ3) is 1.24. The third-order valence-electron chi connectivity index (χ3n) is 2.62. The highest BCUT2D eigenvalue weighted by atomic mass is 79.9. The van der Waals surface area contributed by atoms with Gasteiger partial charge < -0.3 is 5.11 Å². The molecule has 1 aliphatic rings. The minimum absolute atomic E-state index is 0.486. The Kier molecular flexibility index (Phi) is 2.23. The molecule has 1 saturated carbocycles. The van der Waals surface area contributed by atoms with Gasteiger partial charge >= 0.3 is 5.97 Å². The van der Waals surface area contributed by atoms with Crippen molar-refractivity contribution in [1.29, 1.82) is 0 Å². The highest BCUT2D eigenvalue weighted by molar-refractivity contribution is 9.25. The van der Waals surface area contributed by atoms with E-state index in [1.165, 1.54) is 0 Å². The topological polar surface area (TPSA) is 37.3 Å². The molecule has 0 radical (unpaired) electrons. The van der Waals surface area contributed by atoms with Crippen molar-refractivity contribution in [1.82, 2.24) is 0 Å². The summed E-state index contributed by atoms with van der Waals surface area (Å²) >= 11 is 6.77. The van der Waals surface area contributed by atoms with E-state index in [9.17, 15) is 9.90 Å². The molecule has 74 valence electrons. The Hall–Kier alpha value is -0.350. The first-order valence-corrected chi connectivity index (χ1v) is 5.76. The lowest BCUT2D eigenvalue weighted by Crippen LogP contribution is -2.25. The van der Waals surface area contributed by atoms with E-state index in [1.807, 2.05) is 30.3 Å². The molecular formula is C10H8Br2O2. The van der Waals surface area contributed by atoms with E-state index < -0.39 is 14.6 Å². The van der Waals surface area contributed by atoms with Gasteiger partial charge in [-0.25, -0.2) is 0 Å². The first kappa shape index (κ1) is 10.2. The summed E-state index contributed by atoms with van der Waals surface area (Å²) in [7, 11) is 0. The van der Waals surface area contributed by atoms with Crippen molar-refractivity contribution in [3.63, 3.8) is 0 Å². The zero-order valence-corrected chi connectivity index (χ0v) is 10.4. The predicted octanol–water partition coefficient (Wildman–Crippen LogP) is 2.90. The summed E-state index contributed by atoms with van der Waals surface area (Å²) in [4.78, 5) is 11.2. The van der Waals surface area contributed by atoms with Crippen LogP contribution in [0.2, 0.25) is 0 Å². The van der Waals surface area contributed by atoms with Crippen molar-refractivity contribution in [2.75, 3.05) is 0 Å². The molecule has 1 atom stereocenters. The molecule has 4 heteroatoms. The first-order valence-electron chi connectivity index (χ1n) is 4.17. The highest BCUT2D eigenvalue weighted by Gasteiger charge is 2.71. The van der Waals surface area contributed by atoms with Crippen molar-refractivity contribution in [3.05, 3.63) is 35.9 Å². The lowest BCUT2D eigenvalue weighted by atomic mass is 9.96. The van der Waals surface area contributed by atoms with Gasteiger partial charge in [-0.2, -0.15) is 0 Å². The van der Waals surface area contributed by atoms with Crippen LogP contribution < -0.4 is 0 Å². The number of hydrogen-bond acceptors (Lipinski definition) is 1. The van der Waals surface area contributed by atoms with E-state index in [0.29, 0.717) is 6.42 Å². The summed E-state index contributed by atoms with van der Waals surface area (Å²) in [6.07, 6.45) is 0.569. The molecule has 0 heterocycles. The molecule has 2 rings (SSSR count). The fraction of sp³-hybridized carbons (Fsp3) is 0.300. The third-order valence-corrected chi connectivity index (χ3v) is 4.53. The van der Waals surface area contributed by atoms with Crippen LogP contribution in [0.1, 0.15) is 12.0 Å². The van der Waals surface area contributed by atoms with Gasteiger partial charge in [0.2, 0.25) is 0 Å². The van der Waals surface area contributed by atoms with Gasteiger partial charge in [0.25, 0.3) is 0 Å². The van der Waals surface area contributed by atoms with Crippen LogP contribution in [0.3, 0.4) is 0 Å². The highest BCUT2D eigenvalue weighted by Crippen LogP contribution is 2.67. The van der Waals surface area contributed by atoms with E-state index in [0.717, 1.165) is 5.56 Å². The number of benzene rings is 1. The largest absolute Gasteiger partial charge is 0.481 e. The molecule has 0 bridgehead atoms. The summed E-state index contributed by atoms with van der Waals surface area (Å²) in [5.74, 6) is -0.794. The molecule has 1 unspecified atom stereocenters. The van der Waals surface area contributed by atoms with Crippen molar-refractivity contribution < 1.29 is 9.90 Å². The number of carbonyl (C=O) groups is 1. The van der Waals surface area contributed by atoms with Gasteiger partial charge in [-0.15, -0.1) is 0 Å². The lowest BCUT2D eigenvalue weighted by Gasteiger charge is -2.13. The molecule has 0 aromatic heterocycles. The van der Waals surface area contributed by atoms with Crippen LogP contribution in [0.5, 0.6) is 0 Å². The molecule has 1 aromatic rings. The lowest BCUT2D eigenvalue weighted by molar-refractivity contribution is -0.140. The van der Waals surface area contributed by atoms with Crippen molar-refractivity contribution in [2.24, 2.45) is 0 Å². The maximum Gasteiger partial charge on any atom is 0.316 e. The molecule has 0 spiro atoms. The Morgan fingerprint density at radius 3 is 2.14 bits per heavy atom. The van der Waals surface area contributed by atoms with Crippen molar-refractivity contribution >= 4 is 37.8 Å². The molecule has 2 nitrogen and oxygen atoms in total. The van der Waals surface area contributed by atoms with Crippen molar-refractivity contribution in [2.45, 2.75) is 15.1 Å². The first-order chi connectivity index (χ1) is 6.51. The minimum atomic E-state index is -0.811. The van der Waals surface area contributed by atoms with Gasteiger partial charge in [0.05, 0.1) is 0 Å². The Morgan fingerprint density at radius 2 is 1.79 bits per heavy atom. The van der Waals surface area contributed by atoms with Crippen molar-refractivity contribution in [3.8, 4) is 0 Å². The van der Waals surface area contributed by atoms with E-state index in [4.69, 9.17) is 0 Å². The molecular weight excluding hydrogens is 312 g/mol. The van der Waals surface area contributed by atoms with Crippen LogP contribution >= 0.6 is 31.9 Å². The predicted molar refractivity (Wildman–Crippen MR) is 61.0 cm³/mol. The van der Waals surface area contributed by atoms with E-state index in [-0.39, 0.29) is 0 Å².